The molecule has 1 unspecified atom stereocenters. The zero-order valence-electron chi connectivity index (χ0n) is 18.2. The molecule has 1 atom stereocenters. The van der Waals surface area contributed by atoms with Crippen LogP contribution in [0.25, 0.3) is 11.0 Å². The lowest BCUT2D eigenvalue weighted by Gasteiger charge is -2.27. The minimum absolute atomic E-state index is 0.00212. The van der Waals surface area contributed by atoms with Gasteiger partial charge < -0.3 is 13.9 Å². The van der Waals surface area contributed by atoms with Crippen LogP contribution in [-0.2, 0) is 4.79 Å². The molecule has 0 saturated carbocycles. The number of nitrogens with zero attached hydrogens (tertiary/aromatic N) is 1. The molecule has 6 nitrogen and oxygen atoms in total. The Kier molecular flexibility index (Phi) is 4.91. The van der Waals surface area contributed by atoms with Crippen LogP contribution in [0.5, 0.6) is 0 Å². The molecule has 3 heterocycles. The predicted molar refractivity (Wildman–Crippen MR) is 125 cm³/mol. The van der Waals surface area contributed by atoms with Gasteiger partial charge in [0, 0.05) is 16.1 Å². The van der Waals surface area contributed by atoms with E-state index in [4.69, 9.17) is 20.4 Å². The summed E-state index contributed by atoms with van der Waals surface area (Å²) in [7, 11) is 0. The van der Waals surface area contributed by atoms with E-state index in [1.807, 2.05) is 26.0 Å². The van der Waals surface area contributed by atoms with Gasteiger partial charge in [-0.15, -0.1) is 0 Å². The molecule has 5 rings (SSSR count). The number of ketones is 1. The van der Waals surface area contributed by atoms with Crippen molar-refractivity contribution in [3.8, 4) is 0 Å². The molecule has 1 aliphatic heterocycles. The van der Waals surface area contributed by atoms with Crippen LogP contribution in [0, 0.1) is 20.8 Å². The Morgan fingerprint density at radius 3 is 2.55 bits per heavy atom. The van der Waals surface area contributed by atoms with Crippen molar-refractivity contribution in [2.75, 3.05) is 4.90 Å². The molecule has 2 aromatic carbocycles. The SMILES string of the molecule is Cc1ccc(C2C(C(=O)c3cc4cc(Cl)ccc4o3)=C(O)C(=O)N2c2cccc(C)c2C)o1. The second kappa shape index (κ2) is 7.67. The molecular weight excluding hydrogens is 442 g/mol. The van der Waals surface area contributed by atoms with E-state index < -0.39 is 23.5 Å². The van der Waals surface area contributed by atoms with Crippen LogP contribution in [-0.4, -0.2) is 16.8 Å². The minimum atomic E-state index is -0.948. The Bertz CT molecular complexity index is 1480. The van der Waals surface area contributed by atoms with Gasteiger partial charge in [0.1, 0.15) is 23.1 Å². The first kappa shape index (κ1) is 21.1. The quantitative estimate of drug-likeness (QED) is 0.356. The van der Waals surface area contributed by atoms with E-state index in [-0.39, 0.29) is 11.3 Å². The fourth-order valence-electron chi connectivity index (χ4n) is 4.21. The van der Waals surface area contributed by atoms with Crippen LogP contribution in [0.3, 0.4) is 0 Å². The first-order chi connectivity index (χ1) is 15.8. The van der Waals surface area contributed by atoms with Crippen molar-refractivity contribution in [2.24, 2.45) is 0 Å². The van der Waals surface area contributed by atoms with Gasteiger partial charge in [0.15, 0.2) is 11.5 Å². The number of carbonyl (C=O) groups is 2. The highest BCUT2D eigenvalue weighted by Gasteiger charge is 2.47. The molecule has 4 aromatic rings. The predicted octanol–water partition coefficient (Wildman–Crippen LogP) is 6.39. The number of aryl methyl sites for hydroxylation is 2. The zero-order valence-corrected chi connectivity index (χ0v) is 18.9. The molecule has 33 heavy (non-hydrogen) atoms. The van der Waals surface area contributed by atoms with E-state index in [0.29, 0.717) is 33.2 Å². The molecule has 7 heteroatoms. The lowest BCUT2D eigenvalue weighted by atomic mass is 9.98. The maximum atomic E-state index is 13.6. The van der Waals surface area contributed by atoms with Crippen molar-refractivity contribution in [3.63, 3.8) is 0 Å². The summed E-state index contributed by atoms with van der Waals surface area (Å²) in [5.74, 6) is -0.912. The van der Waals surface area contributed by atoms with Crippen molar-refractivity contribution in [1.82, 2.24) is 0 Å². The van der Waals surface area contributed by atoms with Crippen LogP contribution in [0.2, 0.25) is 5.02 Å². The number of benzene rings is 2. The third-order valence-corrected chi connectivity index (χ3v) is 6.26. The van der Waals surface area contributed by atoms with Gasteiger partial charge in [-0.2, -0.15) is 0 Å². The van der Waals surface area contributed by atoms with E-state index in [2.05, 4.69) is 0 Å². The van der Waals surface area contributed by atoms with Gasteiger partial charge in [-0.05, 0) is 74.4 Å². The molecule has 0 fully saturated rings. The Morgan fingerprint density at radius 2 is 1.82 bits per heavy atom. The summed E-state index contributed by atoms with van der Waals surface area (Å²) in [5.41, 5.74) is 2.80. The number of aliphatic hydroxyl groups excluding tert-OH is 1. The maximum Gasteiger partial charge on any atom is 0.294 e. The number of amides is 1. The Hall–Kier alpha value is -3.77. The molecule has 1 amide bonds. The number of carbonyl (C=O) groups excluding carboxylic acids is 2. The molecule has 2 aromatic heterocycles. The smallest absolute Gasteiger partial charge is 0.294 e. The summed E-state index contributed by atoms with van der Waals surface area (Å²) in [5, 5.41) is 12.1. The van der Waals surface area contributed by atoms with Crippen molar-refractivity contribution in [1.29, 1.82) is 0 Å². The van der Waals surface area contributed by atoms with Crippen LogP contribution >= 0.6 is 11.6 Å². The van der Waals surface area contributed by atoms with Crippen LogP contribution in [0.15, 0.2) is 74.8 Å². The van der Waals surface area contributed by atoms with Crippen molar-refractivity contribution in [3.05, 3.63) is 99.4 Å². The van der Waals surface area contributed by atoms with E-state index in [0.717, 1.165) is 11.1 Å². The molecule has 0 bridgehead atoms. The number of aliphatic hydroxyl groups is 1. The van der Waals surface area contributed by atoms with Crippen molar-refractivity contribution < 1.29 is 23.5 Å². The molecule has 0 aliphatic carbocycles. The summed E-state index contributed by atoms with van der Waals surface area (Å²) in [6, 6.07) is 14.6. The zero-order chi connectivity index (χ0) is 23.4. The fourth-order valence-corrected chi connectivity index (χ4v) is 4.39. The highest BCUT2D eigenvalue weighted by molar-refractivity contribution is 6.31. The first-order valence-electron chi connectivity index (χ1n) is 10.4. The van der Waals surface area contributed by atoms with Crippen LogP contribution < -0.4 is 4.90 Å². The maximum absolute atomic E-state index is 13.6. The third kappa shape index (κ3) is 3.34. The lowest BCUT2D eigenvalue weighted by Crippen LogP contribution is -2.31. The number of halogens is 1. The molecule has 166 valence electrons. The number of furan rings is 2. The van der Waals surface area contributed by atoms with Gasteiger partial charge in [0.25, 0.3) is 5.91 Å². The first-order valence-corrected chi connectivity index (χ1v) is 10.8. The molecule has 0 saturated heterocycles. The Morgan fingerprint density at radius 1 is 1.03 bits per heavy atom. The van der Waals surface area contributed by atoms with Crippen LogP contribution in [0.4, 0.5) is 5.69 Å². The summed E-state index contributed by atoms with van der Waals surface area (Å²) >= 11 is 6.06. The lowest BCUT2D eigenvalue weighted by molar-refractivity contribution is -0.117. The molecule has 1 aliphatic rings. The highest BCUT2D eigenvalue weighted by Crippen LogP contribution is 2.44. The van der Waals surface area contributed by atoms with E-state index in [9.17, 15) is 14.7 Å². The third-order valence-electron chi connectivity index (χ3n) is 6.02. The molecule has 1 N–H and O–H groups in total. The monoisotopic (exact) mass is 461 g/mol. The van der Waals surface area contributed by atoms with Gasteiger partial charge in [-0.1, -0.05) is 23.7 Å². The summed E-state index contributed by atoms with van der Waals surface area (Å²) in [6.07, 6.45) is 0. The van der Waals surface area contributed by atoms with Gasteiger partial charge in [-0.3, -0.25) is 14.5 Å². The molecule has 0 spiro atoms. The number of hydrogen-bond donors (Lipinski definition) is 1. The largest absolute Gasteiger partial charge is 0.503 e. The van der Waals surface area contributed by atoms with Gasteiger partial charge in [0.05, 0.1) is 5.57 Å². The van der Waals surface area contributed by atoms with Gasteiger partial charge >= 0.3 is 0 Å². The normalized spacial score (nSPS) is 16.3. The highest BCUT2D eigenvalue weighted by atomic mass is 35.5. The Labute approximate surface area is 194 Å². The van der Waals surface area contributed by atoms with E-state index >= 15 is 0 Å². The van der Waals surface area contributed by atoms with Crippen molar-refractivity contribution >= 4 is 39.9 Å². The average Bonchev–Trinajstić information content (AvgIpc) is 3.46. The Balaban J connectivity index is 1.68. The number of Topliss-reactive ketones (excluding diaryl/α,β-unsaturated/α-hetero) is 1. The number of anilines is 1. The number of hydrogen-bond acceptors (Lipinski definition) is 5. The standard InChI is InChI=1S/C26H20ClNO5/c1-13-5-4-6-18(15(13)3)28-23(20-9-7-14(2)32-20)22(25(30)26(28)31)24(29)21-12-16-11-17(27)8-10-19(16)33-21/h4-12,23,30H,1-3H3. The fraction of sp³-hybridized carbons (Fsp3) is 0.154. The topological polar surface area (TPSA) is 83.9 Å². The minimum Gasteiger partial charge on any atom is -0.503 e. The summed E-state index contributed by atoms with van der Waals surface area (Å²) < 4.78 is 11.6. The summed E-state index contributed by atoms with van der Waals surface area (Å²) in [6.45, 7) is 5.60. The molecular formula is C26H20ClNO5. The van der Waals surface area contributed by atoms with E-state index in [1.54, 1.807) is 49.4 Å². The molecule has 0 radical (unpaired) electrons. The van der Waals surface area contributed by atoms with Crippen LogP contribution in [0.1, 0.15) is 39.2 Å². The van der Waals surface area contributed by atoms with Crippen molar-refractivity contribution in [2.45, 2.75) is 26.8 Å². The average molecular weight is 462 g/mol. The van der Waals surface area contributed by atoms with Gasteiger partial charge in [0.2, 0.25) is 5.78 Å². The van der Waals surface area contributed by atoms with E-state index in [1.165, 1.54) is 4.90 Å². The summed E-state index contributed by atoms with van der Waals surface area (Å²) in [4.78, 5) is 28.3. The second-order valence-corrected chi connectivity index (χ2v) is 8.57. The van der Waals surface area contributed by atoms with Gasteiger partial charge in [-0.25, -0.2) is 0 Å². The number of rotatable bonds is 4. The number of fused-ring (bicyclic) bond motifs is 1. The second-order valence-electron chi connectivity index (χ2n) is 8.13.